The third-order valence-electron chi connectivity index (χ3n) is 9.90. The zero-order valence-electron chi connectivity index (χ0n) is 39.7. The summed E-state index contributed by atoms with van der Waals surface area (Å²) >= 11 is 0. The van der Waals surface area contributed by atoms with Gasteiger partial charge in [0.15, 0.2) is 6.10 Å². The van der Waals surface area contributed by atoms with Crippen LogP contribution < -0.4 is 5.11 Å². The molecule has 0 aromatic heterocycles. The first-order valence-corrected chi connectivity index (χ1v) is 23.9. The second kappa shape index (κ2) is 43.6. The topological polar surface area (TPSA) is 102 Å². The van der Waals surface area contributed by atoms with Crippen molar-refractivity contribution in [3.05, 3.63) is 109 Å². The highest BCUT2D eigenvalue weighted by Gasteiger charge is 2.25. The lowest BCUT2D eigenvalue weighted by Crippen LogP contribution is -2.55. The number of esters is 2. The van der Waals surface area contributed by atoms with Crippen LogP contribution in [0.1, 0.15) is 162 Å². The molecule has 0 saturated heterocycles. The molecule has 0 bridgehead atoms. The van der Waals surface area contributed by atoms with Gasteiger partial charge >= 0.3 is 11.9 Å². The van der Waals surface area contributed by atoms with E-state index in [9.17, 15) is 19.5 Å². The SMILES string of the molecule is CC/C=C\C/C=C\C/C=C\C/C=C\C/C=C\CCCC(=O)OC(COCCC(C(=O)[O-])[N+](C)(C)C)COC(=O)CCCCCCCCCC/C=C\C/C=C\C/C=C\C/C=C\CC. The Bertz CT molecular complexity index is 1370. The van der Waals surface area contributed by atoms with Gasteiger partial charge in [0, 0.05) is 19.3 Å². The van der Waals surface area contributed by atoms with Crippen LogP contribution in [0.5, 0.6) is 0 Å². The van der Waals surface area contributed by atoms with Crippen LogP contribution in [0.25, 0.3) is 0 Å². The van der Waals surface area contributed by atoms with Gasteiger partial charge in [-0.3, -0.25) is 9.59 Å². The molecule has 350 valence electrons. The van der Waals surface area contributed by atoms with E-state index in [1.54, 1.807) is 21.1 Å². The van der Waals surface area contributed by atoms with E-state index < -0.39 is 18.1 Å². The molecule has 0 radical (unpaired) electrons. The fourth-order valence-electron chi connectivity index (χ4n) is 6.27. The monoisotopic (exact) mass is 862 g/mol. The molecule has 0 aliphatic rings. The van der Waals surface area contributed by atoms with E-state index >= 15 is 0 Å². The van der Waals surface area contributed by atoms with Gasteiger partial charge in [0.1, 0.15) is 12.6 Å². The van der Waals surface area contributed by atoms with E-state index in [1.165, 1.54) is 32.1 Å². The van der Waals surface area contributed by atoms with Crippen LogP contribution in [0.15, 0.2) is 109 Å². The van der Waals surface area contributed by atoms with Gasteiger partial charge in [0.2, 0.25) is 0 Å². The third-order valence-corrected chi connectivity index (χ3v) is 9.90. The molecule has 0 rings (SSSR count). The van der Waals surface area contributed by atoms with Crippen LogP contribution in [0, 0.1) is 0 Å². The summed E-state index contributed by atoms with van der Waals surface area (Å²) in [5.41, 5.74) is 0. The van der Waals surface area contributed by atoms with Crippen molar-refractivity contribution in [2.24, 2.45) is 0 Å². The number of rotatable bonds is 41. The van der Waals surface area contributed by atoms with Gasteiger partial charge in [-0.15, -0.1) is 0 Å². The fourth-order valence-corrected chi connectivity index (χ4v) is 6.27. The first kappa shape index (κ1) is 58.0. The van der Waals surface area contributed by atoms with Crippen molar-refractivity contribution in [2.45, 2.75) is 174 Å². The third kappa shape index (κ3) is 41.3. The maximum atomic E-state index is 12.7. The number of carbonyl (C=O) groups is 3. The maximum absolute atomic E-state index is 12.7. The van der Waals surface area contributed by atoms with Crippen LogP contribution in [0.2, 0.25) is 0 Å². The number of ether oxygens (including phenoxy) is 3. The molecule has 0 spiro atoms. The van der Waals surface area contributed by atoms with Crippen LogP contribution in [0.4, 0.5) is 0 Å². The molecule has 0 aromatic rings. The molecular weight excluding hydrogens is 775 g/mol. The number of allylic oxidation sites excluding steroid dienone is 18. The molecule has 0 aliphatic heterocycles. The van der Waals surface area contributed by atoms with Gasteiger partial charge in [-0.25, -0.2) is 0 Å². The van der Waals surface area contributed by atoms with Crippen LogP contribution in [-0.2, 0) is 28.6 Å². The quantitative estimate of drug-likeness (QED) is 0.0261. The summed E-state index contributed by atoms with van der Waals surface area (Å²) in [6, 6.07) is -0.744. The number of hydrogen-bond donors (Lipinski definition) is 0. The normalized spacial score (nSPS) is 13.9. The molecule has 0 aliphatic carbocycles. The Morgan fingerprint density at radius 2 is 0.871 bits per heavy atom. The number of carboxylic acid groups (broad SMARTS) is 1. The van der Waals surface area contributed by atoms with E-state index in [-0.39, 0.29) is 49.1 Å². The lowest BCUT2D eigenvalue weighted by Gasteiger charge is -2.34. The minimum Gasteiger partial charge on any atom is -0.544 e. The first-order valence-electron chi connectivity index (χ1n) is 23.9. The van der Waals surface area contributed by atoms with Crippen LogP contribution >= 0.6 is 0 Å². The summed E-state index contributed by atoms with van der Waals surface area (Å²) in [6.45, 7) is 4.35. The van der Waals surface area contributed by atoms with Crippen molar-refractivity contribution >= 4 is 17.9 Å². The van der Waals surface area contributed by atoms with E-state index in [0.29, 0.717) is 12.8 Å². The average Bonchev–Trinajstić information content (AvgIpc) is 3.23. The molecule has 2 unspecified atom stereocenters. The predicted molar refractivity (Wildman–Crippen MR) is 258 cm³/mol. The summed E-state index contributed by atoms with van der Waals surface area (Å²) in [6.07, 6.45) is 59.8. The van der Waals surface area contributed by atoms with Gasteiger partial charge < -0.3 is 28.6 Å². The Balaban J connectivity index is 4.40. The number of nitrogens with zero attached hydrogens (tertiary/aromatic N) is 1. The second-order valence-corrected chi connectivity index (χ2v) is 16.6. The highest BCUT2D eigenvalue weighted by molar-refractivity contribution is 5.70. The Morgan fingerprint density at radius 1 is 0.484 bits per heavy atom. The van der Waals surface area contributed by atoms with E-state index in [4.69, 9.17) is 14.2 Å². The van der Waals surface area contributed by atoms with Crippen molar-refractivity contribution in [3.8, 4) is 0 Å². The molecule has 0 amide bonds. The highest BCUT2D eigenvalue weighted by Crippen LogP contribution is 2.13. The zero-order chi connectivity index (χ0) is 45.6. The number of carboxylic acids is 1. The Morgan fingerprint density at radius 3 is 1.31 bits per heavy atom. The number of hydrogen-bond acceptors (Lipinski definition) is 7. The summed E-state index contributed by atoms with van der Waals surface area (Å²) in [7, 11) is 5.38. The van der Waals surface area contributed by atoms with Crippen molar-refractivity contribution in [1.82, 2.24) is 0 Å². The summed E-state index contributed by atoms with van der Waals surface area (Å²) in [5, 5.41) is 11.6. The molecular formula is C54H87NO7. The molecule has 0 N–H and O–H groups in total. The molecule has 0 fully saturated rings. The van der Waals surface area contributed by atoms with Gasteiger partial charge in [-0.2, -0.15) is 0 Å². The molecule has 0 saturated carbocycles. The molecule has 62 heavy (non-hydrogen) atoms. The van der Waals surface area contributed by atoms with Gasteiger partial charge in [-0.05, 0) is 89.9 Å². The van der Waals surface area contributed by atoms with Gasteiger partial charge in [-0.1, -0.05) is 162 Å². The number of unbranched alkanes of at least 4 members (excludes halogenated alkanes) is 9. The molecule has 8 nitrogen and oxygen atoms in total. The summed E-state index contributed by atoms with van der Waals surface area (Å²) < 4.78 is 17.1. The number of carbonyl (C=O) groups excluding carboxylic acids is 3. The standard InChI is InChI=1S/C54H87NO7/c1-6-8-10-12-14-16-18-20-22-24-25-26-27-29-30-32-34-36-38-40-42-44-52(56)61-49-50(48-60-47-46-51(54(58)59)55(3,4)5)62-53(57)45-43-41-39-37-35-33-31-28-23-21-19-17-15-13-11-9-7-2/h8-11,14-17,20-23,25-26,31,33,37,39,50-51H,6-7,12-13,18-19,24,27-30,32,34-36,38,40-49H2,1-5H3/b10-8-,11-9-,16-14-,17-15-,22-20-,23-21-,26-25-,33-31-,39-37-. The maximum Gasteiger partial charge on any atom is 0.306 e. The van der Waals surface area contributed by atoms with Crippen molar-refractivity contribution in [2.75, 3.05) is 41.0 Å². The average molecular weight is 862 g/mol. The largest absolute Gasteiger partial charge is 0.544 e. The first-order chi connectivity index (χ1) is 30.1. The highest BCUT2D eigenvalue weighted by atomic mass is 16.6. The molecule has 0 heterocycles. The molecule has 2 atom stereocenters. The lowest BCUT2D eigenvalue weighted by molar-refractivity contribution is -0.889. The minimum atomic E-state index is -1.14. The van der Waals surface area contributed by atoms with E-state index in [1.807, 2.05) is 0 Å². The number of aliphatic carboxylic acids is 1. The smallest absolute Gasteiger partial charge is 0.306 e. The minimum absolute atomic E-state index is 0.00808. The van der Waals surface area contributed by atoms with Crippen molar-refractivity contribution < 1.29 is 38.2 Å². The predicted octanol–water partition coefficient (Wildman–Crippen LogP) is 12.3. The van der Waals surface area contributed by atoms with Crippen LogP contribution in [0.3, 0.4) is 0 Å². The molecule has 0 aromatic carbocycles. The zero-order valence-corrected chi connectivity index (χ0v) is 39.7. The Labute approximate surface area is 378 Å². The van der Waals surface area contributed by atoms with Gasteiger partial charge in [0.25, 0.3) is 0 Å². The summed E-state index contributed by atoms with van der Waals surface area (Å²) in [4.78, 5) is 37.0. The molecule has 8 heteroatoms. The second-order valence-electron chi connectivity index (χ2n) is 16.6. The van der Waals surface area contributed by atoms with Crippen molar-refractivity contribution in [1.29, 1.82) is 0 Å². The lowest BCUT2D eigenvalue weighted by atomic mass is 10.1. The summed E-state index contributed by atoms with van der Waals surface area (Å²) in [5.74, 6) is -1.84. The Hall–Kier alpha value is -4.01. The number of likely N-dealkylation sites (N-methyl/N-ethyl adjacent to an activating group) is 1. The van der Waals surface area contributed by atoms with E-state index in [2.05, 4.69) is 123 Å². The van der Waals surface area contributed by atoms with E-state index in [0.717, 1.165) is 89.9 Å². The number of quaternary nitrogens is 1. The Kier molecular flexibility index (Phi) is 40.8. The van der Waals surface area contributed by atoms with Crippen LogP contribution in [-0.4, -0.2) is 75.5 Å². The van der Waals surface area contributed by atoms with Crippen molar-refractivity contribution in [3.63, 3.8) is 0 Å². The fraction of sp³-hybridized carbons (Fsp3) is 0.611. The van der Waals surface area contributed by atoms with Gasteiger partial charge in [0.05, 0.1) is 40.3 Å².